The van der Waals surface area contributed by atoms with Gasteiger partial charge in [-0.05, 0) is 69.9 Å². The zero-order valence-corrected chi connectivity index (χ0v) is 29.3. The zero-order valence-electron chi connectivity index (χ0n) is 28.5. The van der Waals surface area contributed by atoms with Crippen molar-refractivity contribution in [2.24, 2.45) is 0 Å². The number of para-hydroxylation sites is 1. The fraction of sp³-hybridized carbons (Fsp3) is 0.514. The first-order chi connectivity index (χ1) is 20.5. The number of benzene rings is 3. The van der Waals surface area contributed by atoms with Crippen LogP contribution < -0.4 is 18.9 Å². The lowest BCUT2D eigenvalue weighted by molar-refractivity contribution is 0.301. The van der Waals surface area contributed by atoms with Crippen molar-refractivity contribution in [2.75, 3.05) is 26.6 Å². The van der Waals surface area contributed by atoms with Crippen molar-refractivity contribution in [3.63, 3.8) is 0 Å². The predicted molar refractivity (Wildman–Crippen MR) is 182 cm³/mol. The van der Waals surface area contributed by atoms with E-state index < -0.39 is 15.4 Å². The molecule has 3 rings (SSSR count). The van der Waals surface area contributed by atoms with Crippen LogP contribution in [0, 0.1) is 0 Å². The van der Waals surface area contributed by atoms with E-state index in [0.29, 0.717) is 24.5 Å². The Bertz CT molecular complexity index is 1480. The van der Waals surface area contributed by atoms with Crippen LogP contribution in [0.2, 0.25) is 0 Å². The largest absolute Gasteiger partial charge is 0.493 e. The fourth-order valence-electron chi connectivity index (χ4n) is 5.48. The Morgan fingerprint density at radius 3 is 2.00 bits per heavy atom. The molecule has 0 unspecified atom stereocenters. The van der Waals surface area contributed by atoms with E-state index in [9.17, 15) is 8.42 Å². The first kappa shape index (κ1) is 35.4. The van der Waals surface area contributed by atoms with Crippen LogP contribution in [-0.2, 0) is 39.2 Å². The molecule has 1 N–H and O–H groups in total. The minimum absolute atomic E-state index is 0.00736. The first-order valence-corrected chi connectivity index (χ1v) is 17.2. The van der Waals surface area contributed by atoms with Gasteiger partial charge in [0.1, 0.15) is 5.75 Å². The SMILES string of the molecule is COc1ccc(CCCOc2ccccc2C(C)(C)C)c(C(C)(C)CCS(=O)(=O)NCc2ccc(C(C)(C)C)cc2)c1OC. The highest BCUT2D eigenvalue weighted by atomic mass is 32.2. The van der Waals surface area contributed by atoms with E-state index in [4.69, 9.17) is 14.2 Å². The molecule has 7 heteroatoms. The quantitative estimate of drug-likeness (QED) is 0.184. The van der Waals surface area contributed by atoms with Gasteiger partial charge in [0.15, 0.2) is 11.5 Å². The molecule has 0 aromatic heterocycles. The van der Waals surface area contributed by atoms with Crippen molar-refractivity contribution in [1.82, 2.24) is 4.72 Å². The molecule has 0 fully saturated rings. The number of hydrogen-bond donors (Lipinski definition) is 1. The van der Waals surface area contributed by atoms with Gasteiger partial charge in [0, 0.05) is 12.1 Å². The van der Waals surface area contributed by atoms with Crippen LogP contribution in [0.1, 0.15) is 96.0 Å². The molecule has 0 spiro atoms. The van der Waals surface area contributed by atoms with E-state index in [1.165, 1.54) is 11.1 Å². The number of methoxy groups -OCH3 is 2. The third-order valence-electron chi connectivity index (χ3n) is 8.16. The van der Waals surface area contributed by atoms with Crippen LogP contribution in [-0.4, -0.2) is 35.0 Å². The summed E-state index contributed by atoms with van der Waals surface area (Å²) in [5, 5.41) is 0. The summed E-state index contributed by atoms with van der Waals surface area (Å²) in [6, 6.07) is 20.3. The van der Waals surface area contributed by atoms with Crippen molar-refractivity contribution in [3.05, 3.63) is 88.5 Å². The molecule has 0 heterocycles. The molecule has 6 nitrogen and oxygen atoms in total. The summed E-state index contributed by atoms with van der Waals surface area (Å²) in [5.41, 5.74) is 4.95. The van der Waals surface area contributed by atoms with Crippen LogP contribution in [0.25, 0.3) is 0 Å². The third kappa shape index (κ3) is 9.48. The summed E-state index contributed by atoms with van der Waals surface area (Å²) in [6.45, 7) is 18.0. The molecule has 0 aliphatic carbocycles. The summed E-state index contributed by atoms with van der Waals surface area (Å²) >= 11 is 0. The fourth-order valence-corrected chi connectivity index (χ4v) is 6.79. The minimum Gasteiger partial charge on any atom is -0.493 e. The van der Waals surface area contributed by atoms with Gasteiger partial charge in [-0.1, -0.05) is 104 Å². The average molecular weight is 624 g/mol. The van der Waals surface area contributed by atoms with E-state index in [2.05, 4.69) is 84.4 Å². The van der Waals surface area contributed by atoms with E-state index in [0.717, 1.165) is 35.3 Å². The Morgan fingerprint density at radius 2 is 1.41 bits per heavy atom. The molecule has 0 saturated heterocycles. The molecule has 0 atom stereocenters. The van der Waals surface area contributed by atoms with Gasteiger partial charge in [-0.15, -0.1) is 0 Å². The van der Waals surface area contributed by atoms with Crippen molar-refractivity contribution in [2.45, 2.75) is 97.4 Å². The lowest BCUT2D eigenvalue weighted by Gasteiger charge is -2.31. The summed E-state index contributed by atoms with van der Waals surface area (Å²) < 4.78 is 46.8. The number of hydrogen-bond acceptors (Lipinski definition) is 5. The van der Waals surface area contributed by atoms with Gasteiger partial charge in [0.2, 0.25) is 10.0 Å². The van der Waals surface area contributed by atoms with Crippen LogP contribution in [0.3, 0.4) is 0 Å². The van der Waals surface area contributed by atoms with Gasteiger partial charge >= 0.3 is 0 Å². The molecule has 0 radical (unpaired) electrons. The van der Waals surface area contributed by atoms with Gasteiger partial charge < -0.3 is 14.2 Å². The van der Waals surface area contributed by atoms with Crippen LogP contribution in [0.5, 0.6) is 17.2 Å². The Morgan fingerprint density at radius 1 is 0.750 bits per heavy atom. The highest BCUT2D eigenvalue weighted by Gasteiger charge is 2.31. The number of nitrogens with one attached hydrogen (secondary N) is 1. The number of rotatable bonds is 14. The second-order valence-electron chi connectivity index (χ2n) is 14.3. The third-order valence-corrected chi connectivity index (χ3v) is 9.49. The highest BCUT2D eigenvalue weighted by Crippen LogP contribution is 2.43. The van der Waals surface area contributed by atoms with Gasteiger partial charge in [-0.25, -0.2) is 13.1 Å². The Balaban J connectivity index is 1.72. The van der Waals surface area contributed by atoms with Gasteiger partial charge in [-0.3, -0.25) is 0 Å². The van der Waals surface area contributed by atoms with Gasteiger partial charge in [0.05, 0.1) is 26.6 Å². The molecule has 0 saturated carbocycles. The standard InChI is InChI=1S/C37H53NO5S/c1-35(2,3)29-20-17-27(18-21-29)26-38-44(39,40)25-23-37(7,8)33-28(19-22-32(41-9)34(33)42-10)14-13-24-43-31-16-12-11-15-30(31)36(4,5)6/h11-12,15-22,38H,13-14,23-26H2,1-10H3. The molecule has 0 aliphatic rings. The summed E-state index contributed by atoms with van der Waals surface area (Å²) in [6.07, 6.45) is 1.97. The van der Waals surface area contributed by atoms with Crippen molar-refractivity contribution < 1.29 is 22.6 Å². The predicted octanol–water partition coefficient (Wildman–Crippen LogP) is 8.10. The molecular weight excluding hydrogens is 570 g/mol. The highest BCUT2D eigenvalue weighted by molar-refractivity contribution is 7.89. The van der Waals surface area contributed by atoms with Crippen molar-refractivity contribution in [1.29, 1.82) is 0 Å². The summed E-state index contributed by atoms with van der Waals surface area (Å²) in [4.78, 5) is 0. The van der Waals surface area contributed by atoms with Crippen LogP contribution in [0.15, 0.2) is 60.7 Å². The smallest absolute Gasteiger partial charge is 0.211 e. The Hall–Kier alpha value is -3.03. The topological polar surface area (TPSA) is 73.9 Å². The normalized spacial score (nSPS) is 12.7. The van der Waals surface area contributed by atoms with Gasteiger partial charge in [-0.2, -0.15) is 0 Å². The Kier molecular flexibility index (Phi) is 11.6. The Labute approximate surface area is 266 Å². The van der Waals surface area contributed by atoms with Crippen LogP contribution >= 0.6 is 0 Å². The lowest BCUT2D eigenvalue weighted by Crippen LogP contribution is -2.31. The second-order valence-corrected chi connectivity index (χ2v) is 16.2. The van der Waals surface area contributed by atoms with Crippen molar-refractivity contribution >= 4 is 10.0 Å². The molecular formula is C37H53NO5S. The maximum Gasteiger partial charge on any atom is 0.211 e. The monoisotopic (exact) mass is 623 g/mol. The molecule has 0 amide bonds. The van der Waals surface area contributed by atoms with E-state index in [1.54, 1.807) is 14.2 Å². The first-order valence-electron chi connectivity index (χ1n) is 15.5. The van der Waals surface area contributed by atoms with E-state index in [-0.39, 0.29) is 23.1 Å². The lowest BCUT2D eigenvalue weighted by atomic mass is 9.78. The zero-order chi connectivity index (χ0) is 32.8. The minimum atomic E-state index is -3.52. The second kappa shape index (κ2) is 14.4. The average Bonchev–Trinajstić information content (AvgIpc) is 2.96. The number of aryl methyl sites for hydroxylation is 1. The van der Waals surface area contributed by atoms with Crippen LogP contribution in [0.4, 0.5) is 0 Å². The van der Waals surface area contributed by atoms with E-state index in [1.807, 2.05) is 36.4 Å². The molecule has 0 aliphatic heterocycles. The number of sulfonamides is 1. The molecule has 44 heavy (non-hydrogen) atoms. The summed E-state index contributed by atoms with van der Waals surface area (Å²) in [7, 11) is -0.259. The van der Waals surface area contributed by atoms with Crippen molar-refractivity contribution in [3.8, 4) is 17.2 Å². The molecule has 242 valence electrons. The number of ether oxygens (including phenoxy) is 3. The maximum atomic E-state index is 13.1. The van der Waals surface area contributed by atoms with Gasteiger partial charge in [0.25, 0.3) is 0 Å². The summed E-state index contributed by atoms with van der Waals surface area (Å²) in [5.74, 6) is 2.19. The molecule has 3 aromatic rings. The van der Waals surface area contributed by atoms with E-state index >= 15 is 0 Å². The molecule has 0 bridgehead atoms. The maximum absolute atomic E-state index is 13.1. The molecule has 3 aromatic carbocycles.